The molecule has 3 rings (SSSR count). The summed E-state index contributed by atoms with van der Waals surface area (Å²) < 4.78 is 5.36. The maximum Gasteiger partial charge on any atom is 0.253 e. The number of anilines is 2. The summed E-state index contributed by atoms with van der Waals surface area (Å²) >= 11 is 0. The zero-order valence-electron chi connectivity index (χ0n) is 15.7. The van der Waals surface area contributed by atoms with E-state index in [9.17, 15) is 4.79 Å². The first-order chi connectivity index (χ1) is 13.0. The number of pyridine rings is 1. The molecule has 27 heavy (non-hydrogen) atoms. The highest BCUT2D eigenvalue weighted by Crippen LogP contribution is 2.27. The molecule has 0 atom stereocenters. The molecular weight excluding hydrogens is 338 g/mol. The summed E-state index contributed by atoms with van der Waals surface area (Å²) in [5, 5.41) is 6.14. The number of rotatable bonds is 6. The van der Waals surface area contributed by atoms with Crippen molar-refractivity contribution < 1.29 is 9.53 Å². The molecule has 0 saturated heterocycles. The summed E-state index contributed by atoms with van der Waals surface area (Å²) in [5.74, 6) is 1.24. The van der Waals surface area contributed by atoms with Crippen LogP contribution in [0.4, 0.5) is 11.5 Å². The number of benzene rings is 2. The van der Waals surface area contributed by atoms with Crippen LogP contribution in [-0.2, 0) is 6.54 Å². The van der Waals surface area contributed by atoms with Crippen LogP contribution in [0, 0.1) is 13.8 Å². The maximum atomic E-state index is 12.3. The summed E-state index contributed by atoms with van der Waals surface area (Å²) in [6, 6.07) is 17.5. The van der Waals surface area contributed by atoms with E-state index >= 15 is 0 Å². The number of nitrogens with one attached hydrogen (secondary N) is 2. The van der Waals surface area contributed by atoms with Crippen LogP contribution in [0.1, 0.15) is 27.0 Å². The molecule has 0 unspecified atom stereocenters. The maximum absolute atomic E-state index is 12.3. The standard InChI is InChI=1S/C22H23N3O2/c1-15-4-7-17(8-5-15)13-24-22(26)18-9-11-21(23-14-18)25-19-12-16(2)6-10-20(19)27-3/h4-12,14H,13H2,1-3H3,(H,23,25)(H,24,26). The summed E-state index contributed by atoms with van der Waals surface area (Å²) in [6.07, 6.45) is 1.56. The van der Waals surface area contributed by atoms with Crippen LogP contribution in [0.3, 0.4) is 0 Å². The van der Waals surface area contributed by atoms with Gasteiger partial charge in [-0.25, -0.2) is 4.98 Å². The number of nitrogens with zero attached hydrogens (tertiary/aromatic N) is 1. The SMILES string of the molecule is COc1ccc(C)cc1Nc1ccc(C(=O)NCc2ccc(C)cc2)cn1. The Morgan fingerprint density at radius 3 is 2.41 bits per heavy atom. The number of hydrogen-bond acceptors (Lipinski definition) is 4. The van der Waals surface area contributed by atoms with Crippen molar-refractivity contribution in [3.63, 3.8) is 0 Å². The molecule has 5 heteroatoms. The molecular formula is C22H23N3O2. The molecule has 0 saturated carbocycles. The van der Waals surface area contributed by atoms with Gasteiger partial charge >= 0.3 is 0 Å². The van der Waals surface area contributed by atoms with E-state index in [0.29, 0.717) is 17.9 Å². The average molecular weight is 361 g/mol. The Morgan fingerprint density at radius 1 is 1.00 bits per heavy atom. The molecule has 0 spiro atoms. The number of aryl methyl sites for hydroxylation is 2. The van der Waals surface area contributed by atoms with Crippen molar-refractivity contribution in [3.8, 4) is 5.75 Å². The third-order valence-electron chi connectivity index (χ3n) is 4.22. The Labute approximate surface area is 159 Å². The molecule has 1 amide bonds. The summed E-state index contributed by atoms with van der Waals surface area (Å²) in [7, 11) is 1.63. The zero-order chi connectivity index (χ0) is 19.2. The number of aromatic nitrogens is 1. The van der Waals surface area contributed by atoms with E-state index in [2.05, 4.69) is 15.6 Å². The molecule has 1 heterocycles. The van der Waals surface area contributed by atoms with Gasteiger partial charge in [-0.05, 0) is 49.2 Å². The highest BCUT2D eigenvalue weighted by Gasteiger charge is 2.08. The first-order valence-electron chi connectivity index (χ1n) is 8.76. The molecule has 0 aliphatic carbocycles. The minimum atomic E-state index is -0.150. The van der Waals surface area contributed by atoms with Crippen molar-refractivity contribution in [2.45, 2.75) is 20.4 Å². The Kier molecular flexibility index (Phi) is 5.71. The fourth-order valence-corrected chi connectivity index (χ4v) is 2.65. The number of ether oxygens (including phenoxy) is 1. The van der Waals surface area contributed by atoms with Gasteiger partial charge in [-0.15, -0.1) is 0 Å². The largest absolute Gasteiger partial charge is 0.495 e. The van der Waals surface area contributed by atoms with Crippen molar-refractivity contribution in [1.82, 2.24) is 10.3 Å². The van der Waals surface area contributed by atoms with Gasteiger partial charge < -0.3 is 15.4 Å². The highest BCUT2D eigenvalue weighted by molar-refractivity contribution is 5.94. The van der Waals surface area contributed by atoms with E-state index in [0.717, 1.165) is 22.6 Å². The quantitative estimate of drug-likeness (QED) is 0.684. The van der Waals surface area contributed by atoms with Crippen molar-refractivity contribution >= 4 is 17.4 Å². The molecule has 2 N–H and O–H groups in total. The van der Waals surface area contributed by atoms with Gasteiger partial charge in [0.25, 0.3) is 5.91 Å². The Balaban J connectivity index is 1.63. The molecule has 5 nitrogen and oxygen atoms in total. The summed E-state index contributed by atoms with van der Waals surface area (Å²) in [6.45, 7) is 4.54. The third-order valence-corrected chi connectivity index (χ3v) is 4.22. The van der Waals surface area contributed by atoms with Crippen LogP contribution in [0.5, 0.6) is 5.75 Å². The lowest BCUT2D eigenvalue weighted by Gasteiger charge is -2.12. The van der Waals surface area contributed by atoms with Crippen molar-refractivity contribution in [2.24, 2.45) is 0 Å². The molecule has 0 aliphatic heterocycles. The Morgan fingerprint density at radius 2 is 1.74 bits per heavy atom. The van der Waals surface area contributed by atoms with Gasteiger partial charge in [0.1, 0.15) is 11.6 Å². The van der Waals surface area contributed by atoms with E-state index in [4.69, 9.17) is 4.74 Å². The molecule has 0 fully saturated rings. The molecule has 2 aromatic carbocycles. The summed E-state index contributed by atoms with van der Waals surface area (Å²) in [4.78, 5) is 16.6. The van der Waals surface area contributed by atoms with Gasteiger partial charge in [0.2, 0.25) is 0 Å². The predicted molar refractivity (Wildman–Crippen MR) is 108 cm³/mol. The van der Waals surface area contributed by atoms with Crippen LogP contribution >= 0.6 is 0 Å². The van der Waals surface area contributed by atoms with Gasteiger partial charge in [0.05, 0.1) is 18.4 Å². The second-order valence-corrected chi connectivity index (χ2v) is 6.43. The van der Waals surface area contributed by atoms with Gasteiger partial charge in [0, 0.05) is 12.7 Å². The smallest absolute Gasteiger partial charge is 0.253 e. The predicted octanol–water partition coefficient (Wildman–Crippen LogP) is 4.38. The van der Waals surface area contributed by atoms with Gasteiger partial charge in [0.15, 0.2) is 0 Å². The fourth-order valence-electron chi connectivity index (χ4n) is 2.65. The minimum Gasteiger partial charge on any atom is -0.495 e. The lowest BCUT2D eigenvalue weighted by molar-refractivity contribution is 0.0950. The first-order valence-corrected chi connectivity index (χ1v) is 8.76. The average Bonchev–Trinajstić information content (AvgIpc) is 2.68. The zero-order valence-corrected chi connectivity index (χ0v) is 15.7. The van der Waals surface area contributed by atoms with E-state index in [1.54, 1.807) is 25.4 Å². The van der Waals surface area contributed by atoms with Crippen LogP contribution < -0.4 is 15.4 Å². The van der Waals surface area contributed by atoms with Crippen molar-refractivity contribution in [1.29, 1.82) is 0 Å². The second kappa shape index (κ2) is 8.36. The van der Waals surface area contributed by atoms with Crippen LogP contribution in [0.15, 0.2) is 60.8 Å². The minimum absolute atomic E-state index is 0.150. The molecule has 138 valence electrons. The fraction of sp³-hybridized carbons (Fsp3) is 0.182. The normalized spacial score (nSPS) is 10.3. The Bertz CT molecular complexity index is 919. The van der Waals surface area contributed by atoms with Gasteiger partial charge in [-0.1, -0.05) is 35.9 Å². The number of methoxy groups -OCH3 is 1. The third kappa shape index (κ3) is 4.85. The monoisotopic (exact) mass is 361 g/mol. The lowest BCUT2D eigenvalue weighted by atomic mass is 10.1. The number of amides is 1. The van der Waals surface area contributed by atoms with Crippen LogP contribution in [0.2, 0.25) is 0 Å². The van der Waals surface area contributed by atoms with Crippen molar-refractivity contribution in [3.05, 3.63) is 83.0 Å². The first kappa shape index (κ1) is 18.5. The Hall–Kier alpha value is -3.34. The van der Waals surface area contributed by atoms with E-state index < -0.39 is 0 Å². The molecule has 3 aromatic rings. The number of carbonyl (C=O) groups is 1. The topological polar surface area (TPSA) is 63.2 Å². The number of carbonyl (C=O) groups excluding carboxylic acids is 1. The van der Waals surface area contributed by atoms with Crippen LogP contribution in [-0.4, -0.2) is 18.0 Å². The van der Waals surface area contributed by atoms with Crippen LogP contribution in [0.25, 0.3) is 0 Å². The van der Waals surface area contributed by atoms with Crippen molar-refractivity contribution in [2.75, 3.05) is 12.4 Å². The molecule has 0 aliphatic rings. The van der Waals surface area contributed by atoms with Gasteiger partial charge in [-0.3, -0.25) is 4.79 Å². The second-order valence-electron chi connectivity index (χ2n) is 6.43. The number of hydrogen-bond donors (Lipinski definition) is 2. The molecule has 0 bridgehead atoms. The van der Waals surface area contributed by atoms with E-state index in [-0.39, 0.29) is 5.91 Å². The highest BCUT2D eigenvalue weighted by atomic mass is 16.5. The molecule has 0 radical (unpaired) electrons. The van der Waals surface area contributed by atoms with Gasteiger partial charge in [-0.2, -0.15) is 0 Å². The lowest BCUT2D eigenvalue weighted by Crippen LogP contribution is -2.22. The molecule has 1 aromatic heterocycles. The van der Waals surface area contributed by atoms with E-state index in [1.165, 1.54) is 5.56 Å². The summed E-state index contributed by atoms with van der Waals surface area (Å²) in [5.41, 5.74) is 4.73. The van der Waals surface area contributed by atoms with E-state index in [1.807, 2.05) is 56.3 Å².